The molecule has 1 amide bonds. The Morgan fingerprint density at radius 2 is 1.81 bits per heavy atom. The topological polar surface area (TPSA) is 73.5 Å². The molecule has 0 radical (unpaired) electrons. The first-order valence-electron chi connectivity index (χ1n) is 8.00. The van der Waals surface area contributed by atoms with Crippen LogP contribution < -0.4 is 15.8 Å². The summed E-state index contributed by atoms with van der Waals surface area (Å²) in [5, 5.41) is 2.50. The van der Waals surface area contributed by atoms with Gasteiger partial charge in [0.2, 0.25) is 5.91 Å². The fourth-order valence-electron chi connectivity index (χ4n) is 2.51. The maximum absolute atomic E-state index is 12.3. The minimum Gasteiger partial charge on any atom is -0.482 e. The summed E-state index contributed by atoms with van der Waals surface area (Å²) in [5.74, 6) is -1.15. The monoisotopic (exact) mass is 380 g/mol. The molecule has 0 fully saturated rings. The first-order valence-corrected chi connectivity index (χ1v) is 8.00. The molecule has 3 rings (SSSR count). The molecule has 0 bridgehead atoms. The Bertz CT molecular complexity index is 1010. The third-order valence-electron chi connectivity index (χ3n) is 3.69. The van der Waals surface area contributed by atoms with Crippen LogP contribution in [0.1, 0.15) is 6.42 Å². The van der Waals surface area contributed by atoms with Crippen molar-refractivity contribution < 1.29 is 27.1 Å². The quantitative estimate of drug-likeness (QED) is 0.710. The molecule has 0 saturated heterocycles. The summed E-state index contributed by atoms with van der Waals surface area (Å²) in [5.41, 5.74) is 1.09. The van der Waals surface area contributed by atoms with Crippen LogP contribution in [0.15, 0.2) is 57.7 Å². The number of amides is 1. The van der Waals surface area contributed by atoms with E-state index in [1.165, 1.54) is 22.8 Å². The third kappa shape index (κ3) is 4.69. The molecular formula is C18H15F3N2O4. The third-order valence-corrected chi connectivity index (χ3v) is 3.69. The molecule has 0 spiro atoms. The lowest BCUT2D eigenvalue weighted by Crippen LogP contribution is -2.21. The Hall–Kier alpha value is -3.23. The van der Waals surface area contributed by atoms with Crippen molar-refractivity contribution in [3.05, 3.63) is 59.1 Å². The lowest BCUT2D eigenvalue weighted by molar-refractivity contribution is -0.153. The Balaban J connectivity index is 1.66. The van der Waals surface area contributed by atoms with Crippen LogP contribution in [0.4, 0.5) is 18.9 Å². The first kappa shape index (κ1) is 18.6. The average molecular weight is 380 g/mol. The van der Waals surface area contributed by atoms with Gasteiger partial charge in [-0.05, 0) is 24.3 Å². The summed E-state index contributed by atoms with van der Waals surface area (Å²) in [6, 6.07) is 12.6. The van der Waals surface area contributed by atoms with Gasteiger partial charge in [0.15, 0.2) is 12.2 Å². The van der Waals surface area contributed by atoms with Crippen LogP contribution in [-0.4, -0.2) is 23.3 Å². The van der Waals surface area contributed by atoms with Gasteiger partial charge in [-0.2, -0.15) is 13.2 Å². The summed E-state index contributed by atoms with van der Waals surface area (Å²) in [7, 11) is 0. The van der Waals surface area contributed by atoms with Gasteiger partial charge in [-0.1, -0.05) is 24.3 Å². The summed E-state index contributed by atoms with van der Waals surface area (Å²) >= 11 is 0. The Labute approximate surface area is 151 Å². The van der Waals surface area contributed by atoms with Crippen LogP contribution in [0.5, 0.6) is 5.75 Å². The number of rotatable bonds is 6. The van der Waals surface area contributed by atoms with Crippen LogP contribution in [0.2, 0.25) is 0 Å². The number of nitrogens with zero attached hydrogens (tertiary/aromatic N) is 1. The highest BCUT2D eigenvalue weighted by molar-refractivity contribution is 5.92. The molecule has 1 aromatic heterocycles. The molecule has 0 atom stereocenters. The molecule has 1 heterocycles. The fraction of sp³-hybridized carbons (Fsp3) is 0.222. The molecule has 0 aliphatic heterocycles. The minimum atomic E-state index is -4.49. The van der Waals surface area contributed by atoms with E-state index in [2.05, 4.69) is 5.32 Å². The van der Waals surface area contributed by atoms with E-state index >= 15 is 0 Å². The molecule has 0 unspecified atom stereocenters. The van der Waals surface area contributed by atoms with Gasteiger partial charge >= 0.3 is 11.9 Å². The largest absolute Gasteiger partial charge is 0.482 e. The van der Waals surface area contributed by atoms with E-state index in [1.807, 2.05) is 0 Å². The van der Waals surface area contributed by atoms with Crippen molar-refractivity contribution in [1.82, 2.24) is 4.57 Å². The smallest absolute Gasteiger partial charge is 0.422 e. The molecule has 0 aliphatic rings. The van der Waals surface area contributed by atoms with E-state index in [0.717, 1.165) is 0 Å². The van der Waals surface area contributed by atoms with Crippen molar-refractivity contribution in [3.8, 4) is 5.75 Å². The zero-order chi connectivity index (χ0) is 19.4. The molecule has 2 aromatic carbocycles. The number of para-hydroxylation sites is 4. The number of nitrogens with one attached hydrogen (secondary N) is 1. The van der Waals surface area contributed by atoms with E-state index in [1.54, 1.807) is 30.3 Å². The molecule has 27 heavy (non-hydrogen) atoms. The molecule has 9 heteroatoms. The predicted octanol–water partition coefficient (Wildman–Crippen LogP) is 3.56. The van der Waals surface area contributed by atoms with Crippen molar-refractivity contribution in [3.63, 3.8) is 0 Å². The second-order valence-corrected chi connectivity index (χ2v) is 5.69. The van der Waals surface area contributed by atoms with Crippen LogP contribution in [0, 0.1) is 0 Å². The lowest BCUT2D eigenvalue weighted by Gasteiger charge is -2.13. The molecule has 0 aliphatic carbocycles. The zero-order valence-electron chi connectivity index (χ0n) is 14.0. The first-order chi connectivity index (χ1) is 12.8. The second-order valence-electron chi connectivity index (χ2n) is 5.69. The van der Waals surface area contributed by atoms with Gasteiger partial charge in [-0.15, -0.1) is 0 Å². The number of ether oxygens (including phenoxy) is 1. The van der Waals surface area contributed by atoms with E-state index < -0.39 is 24.4 Å². The van der Waals surface area contributed by atoms with Gasteiger partial charge in [-0.25, -0.2) is 4.79 Å². The summed E-state index contributed by atoms with van der Waals surface area (Å²) in [6.45, 7) is -1.40. The Kier molecular flexibility index (Phi) is 5.20. The molecule has 142 valence electrons. The fourth-order valence-corrected chi connectivity index (χ4v) is 2.51. The zero-order valence-corrected chi connectivity index (χ0v) is 14.0. The average Bonchev–Trinajstić information content (AvgIpc) is 2.93. The number of carbonyl (C=O) groups is 1. The normalized spacial score (nSPS) is 11.5. The number of benzene rings is 2. The van der Waals surface area contributed by atoms with Crippen molar-refractivity contribution in [2.24, 2.45) is 0 Å². The van der Waals surface area contributed by atoms with Crippen molar-refractivity contribution in [2.75, 3.05) is 11.9 Å². The second kappa shape index (κ2) is 7.56. The van der Waals surface area contributed by atoms with E-state index in [0.29, 0.717) is 11.1 Å². The lowest BCUT2D eigenvalue weighted by atomic mass is 10.2. The predicted molar refractivity (Wildman–Crippen MR) is 91.7 cm³/mol. The number of oxazole rings is 1. The van der Waals surface area contributed by atoms with E-state index in [-0.39, 0.29) is 24.4 Å². The van der Waals surface area contributed by atoms with Gasteiger partial charge in [0.1, 0.15) is 5.75 Å². The summed E-state index contributed by atoms with van der Waals surface area (Å²) in [4.78, 5) is 24.1. The van der Waals surface area contributed by atoms with Crippen LogP contribution in [-0.2, 0) is 11.3 Å². The molecule has 3 aromatic rings. The van der Waals surface area contributed by atoms with Gasteiger partial charge in [0.25, 0.3) is 0 Å². The molecular weight excluding hydrogens is 365 g/mol. The number of carbonyl (C=O) groups excluding carboxylic acids is 1. The minimum absolute atomic E-state index is 0.0628. The summed E-state index contributed by atoms with van der Waals surface area (Å²) in [6.07, 6.45) is -4.56. The molecule has 6 nitrogen and oxygen atoms in total. The van der Waals surface area contributed by atoms with Gasteiger partial charge in [0, 0.05) is 13.0 Å². The van der Waals surface area contributed by atoms with Crippen LogP contribution in [0.3, 0.4) is 0 Å². The Morgan fingerprint density at radius 3 is 2.59 bits per heavy atom. The number of alkyl halides is 3. The highest BCUT2D eigenvalue weighted by Gasteiger charge is 2.28. The number of aromatic nitrogens is 1. The number of hydrogen-bond donors (Lipinski definition) is 1. The number of anilines is 1. The van der Waals surface area contributed by atoms with Crippen molar-refractivity contribution in [1.29, 1.82) is 0 Å². The highest BCUT2D eigenvalue weighted by Crippen LogP contribution is 2.26. The number of fused-ring (bicyclic) bond motifs is 1. The SMILES string of the molecule is O=C(CCn1c(=O)oc2ccccc21)Nc1ccccc1OCC(F)(F)F. The van der Waals surface area contributed by atoms with E-state index in [4.69, 9.17) is 9.15 Å². The maximum Gasteiger partial charge on any atom is 0.422 e. The Morgan fingerprint density at radius 1 is 1.11 bits per heavy atom. The van der Waals surface area contributed by atoms with Crippen molar-refractivity contribution >= 4 is 22.7 Å². The highest BCUT2D eigenvalue weighted by atomic mass is 19.4. The summed E-state index contributed by atoms with van der Waals surface area (Å²) < 4.78 is 48.1. The van der Waals surface area contributed by atoms with Crippen LogP contribution >= 0.6 is 0 Å². The van der Waals surface area contributed by atoms with Crippen LogP contribution in [0.25, 0.3) is 11.1 Å². The van der Waals surface area contributed by atoms with Gasteiger partial charge in [0.05, 0.1) is 11.2 Å². The van der Waals surface area contributed by atoms with Crippen molar-refractivity contribution in [2.45, 2.75) is 19.1 Å². The van der Waals surface area contributed by atoms with E-state index in [9.17, 15) is 22.8 Å². The number of halogens is 3. The van der Waals surface area contributed by atoms with Gasteiger partial charge in [-0.3, -0.25) is 9.36 Å². The van der Waals surface area contributed by atoms with Gasteiger partial charge < -0.3 is 14.5 Å². The number of hydrogen-bond acceptors (Lipinski definition) is 4. The molecule has 0 saturated carbocycles. The molecule has 1 N–H and O–H groups in total. The maximum atomic E-state index is 12.3. The number of aryl methyl sites for hydroxylation is 1. The standard InChI is InChI=1S/C18H15F3N2O4/c19-18(20,21)11-26-14-7-3-1-5-12(14)22-16(24)9-10-23-13-6-2-4-8-15(13)27-17(23)25/h1-8H,9-11H2,(H,22,24).